The number of hydrogen-bond donors (Lipinski definition) is 2. The van der Waals surface area contributed by atoms with Crippen LogP contribution in [0, 0.1) is 5.92 Å². The van der Waals surface area contributed by atoms with Gasteiger partial charge in [0.05, 0.1) is 12.1 Å². The number of hydrogen-bond acceptors (Lipinski definition) is 2. The molecule has 1 amide bonds. The Labute approximate surface area is 98.6 Å². The van der Waals surface area contributed by atoms with E-state index < -0.39 is 0 Å². The van der Waals surface area contributed by atoms with Gasteiger partial charge in [0.25, 0.3) is 0 Å². The fourth-order valence-electron chi connectivity index (χ4n) is 2.35. The molecule has 2 N–H and O–H groups in total. The Morgan fingerprint density at radius 1 is 1.38 bits per heavy atom. The molecule has 0 spiro atoms. The number of carbonyl (C=O) groups excluding carboxylic acids is 1. The lowest BCUT2D eigenvalue weighted by Crippen LogP contribution is -2.44. The Morgan fingerprint density at radius 2 is 2.06 bits per heavy atom. The molecule has 16 heavy (non-hydrogen) atoms. The minimum absolute atomic E-state index is 0.0192. The highest BCUT2D eigenvalue weighted by atomic mass is 16.3. The number of carbonyl (C=O) groups is 1. The van der Waals surface area contributed by atoms with Gasteiger partial charge >= 0.3 is 0 Å². The van der Waals surface area contributed by atoms with Crippen LogP contribution >= 0.6 is 0 Å². The normalized spacial score (nSPS) is 28.2. The highest BCUT2D eigenvalue weighted by Crippen LogP contribution is 2.18. The zero-order chi connectivity index (χ0) is 12.0. The van der Waals surface area contributed by atoms with Gasteiger partial charge in [-0.2, -0.15) is 0 Å². The van der Waals surface area contributed by atoms with Gasteiger partial charge in [-0.1, -0.05) is 39.5 Å². The molecule has 1 saturated carbocycles. The first kappa shape index (κ1) is 13.5. The van der Waals surface area contributed by atoms with E-state index in [0.717, 1.165) is 38.5 Å². The van der Waals surface area contributed by atoms with Crippen molar-refractivity contribution in [3.05, 3.63) is 0 Å². The quantitative estimate of drug-likeness (QED) is 0.724. The summed E-state index contributed by atoms with van der Waals surface area (Å²) in [6.07, 6.45) is 6.73. The van der Waals surface area contributed by atoms with E-state index in [-0.39, 0.29) is 24.0 Å². The van der Waals surface area contributed by atoms with Crippen molar-refractivity contribution in [3.63, 3.8) is 0 Å². The summed E-state index contributed by atoms with van der Waals surface area (Å²) in [5, 5.41) is 12.9. The van der Waals surface area contributed by atoms with E-state index in [9.17, 15) is 9.90 Å². The highest BCUT2D eigenvalue weighted by Gasteiger charge is 2.24. The Morgan fingerprint density at radius 3 is 2.75 bits per heavy atom. The third kappa shape index (κ3) is 4.12. The smallest absolute Gasteiger partial charge is 0.223 e. The van der Waals surface area contributed by atoms with Crippen LogP contribution in [0.15, 0.2) is 0 Å². The van der Waals surface area contributed by atoms with Gasteiger partial charge in [-0.05, 0) is 19.3 Å². The van der Waals surface area contributed by atoms with Crippen molar-refractivity contribution >= 4 is 5.91 Å². The first-order valence-electron chi connectivity index (χ1n) is 6.63. The number of rotatable bonds is 4. The molecule has 3 heteroatoms. The van der Waals surface area contributed by atoms with Crippen LogP contribution in [-0.4, -0.2) is 23.2 Å². The third-order valence-corrected chi connectivity index (χ3v) is 3.48. The molecule has 1 aliphatic carbocycles. The van der Waals surface area contributed by atoms with Crippen molar-refractivity contribution in [2.45, 2.75) is 70.9 Å². The van der Waals surface area contributed by atoms with Crippen molar-refractivity contribution in [2.24, 2.45) is 5.92 Å². The maximum atomic E-state index is 11.8. The monoisotopic (exact) mass is 227 g/mol. The fraction of sp³-hybridized carbons (Fsp3) is 0.923. The molecular formula is C13H25NO2. The molecule has 0 heterocycles. The molecule has 1 aliphatic rings. The number of nitrogens with one attached hydrogen (secondary N) is 1. The second-order valence-electron chi connectivity index (χ2n) is 5.01. The standard InChI is InChI=1S/C13H25NO2/c1-3-7-10(2)13(16)14-11-8-5-4-6-9-12(11)15/h10-12,15H,3-9H2,1-2H3,(H,14,16). The largest absolute Gasteiger partial charge is 0.391 e. The second-order valence-corrected chi connectivity index (χ2v) is 5.01. The summed E-state index contributed by atoms with van der Waals surface area (Å²) in [6.45, 7) is 4.05. The SMILES string of the molecule is CCCC(C)C(=O)NC1CCCCCC1O. The highest BCUT2D eigenvalue weighted by molar-refractivity contribution is 5.78. The topological polar surface area (TPSA) is 49.3 Å². The Kier molecular flexibility index (Phi) is 5.81. The van der Waals surface area contributed by atoms with E-state index in [1.54, 1.807) is 0 Å². The molecule has 1 rings (SSSR count). The van der Waals surface area contributed by atoms with Gasteiger partial charge in [0, 0.05) is 5.92 Å². The molecule has 0 saturated heterocycles. The van der Waals surface area contributed by atoms with Gasteiger partial charge in [0.2, 0.25) is 5.91 Å². The van der Waals surface area contributed by atoms with Gasteiger partial charge in [-0.3, -0.25) is 4.79 Å². The molecule has 0 aliphatic heterocycles. The first-order valence-corrected chi connectivity index (χ1v) is 6.63. The van der Waals surface area contributed by atoms with Crippen LogP contribution in [0.5, 0.6) is 0 Å². The van der Waals surface area contributed by atoms with Gasteiger partial charge in [0.15, 0.2) is 0 Å². The van der Waals surface area contributed by atoms with Crippen molar-refractivity contribution in [2.75, 3.05) is 0 Å². The minimum Gasteiger partial charge on any atom is -0.391 e. The molecule has 0 aromatic rings. The van der Waals surface area contributed by atoms with Crippen molar-refractivity contribution in [1.82, 2.24) is 5.32 Å². The number of aliphatic hydroxyl groups is 1. The van der Waals surface area contributed by atoms with Crippen molar-refractivity contribution in [3.8, 4) is 0 Å². The maximum Gasteiger partial charge on any atom is 0.223 e. The number of aliphatic hydroxyl groups excluding tert-OH is 1. The van der Waals surface area contributed by atoms with Crippen LogP contribution in [0.1, 0.15) is 58.8 Å². The lowest BCUT2D eigenvalue weighted by molar-refractivity contribution is -0.126. The second kappa shape index (κ2) is 6.89. The average molecular weight is 227 g/mol. The molecule has 3 atom stereocenters. The van der Waals surface area contributed by atoms with Gasteiger partial charge in [-0.25, -0.2) is 0 Å². The minimum atomic E-state index is -0.347. The Balaban J connectivity index is 2.41. The molecule has 94 valence electrons. The van der Waals surface area contributed by atoms with Crippen LogP contribution in [-0.2, 0) is 4.79 Å². The molecule has 3 nitrogen and oxygen atoms in total. The van der Waals surface area contributed by atoms with Crippen LogP contribution < -0.4 is 5.32 Å². The predicted octanol–water partition coefficient (Wildman–Crippen LogP) is 2.23. The van der Waals surface area contributed by atoms with E-state index in [2.05, 4.69) is 12.2 Å². The molecule has 1 fully saturated rings. The van der Waals surface area contributed by atoms with E-state index >= 15 is 0 Å². The Hall–Kier alpha value is -0.570. The van der Waals surface area contributed by atoms with Crippen molar-refractivity contribution < 1.29 is 9.90 Å². The zero-order valence-corrected chi connectivity index (χ0v) is 10.5. The van der Waals surface area contributed by atoms with E-state index in [4.69, 9.17) is 0 Å². The molecule has 0 aromatic heterocycles. The van der Waals surface area contributed by atoms with E-state index in [1.807, 2.05) is 6.92 Å². The lowest BCUT2D eigenvalue weighted by atomic mass is 10.0. The maximum absolute atomic E-state index is 11.8. The summed E-state index contributed by atoms with van der Waals surface area (Å²) in [5.41, 5.74) is 0. The molecule has 0 aromatic carbocycles. The average Bonchev–Trinajstić information content (AvgIpc) is 2.45. The summed E-state index contributed by atoms with van der Waals surface area (Å²) in [5.74, 6) is 0.174. The zero-order valence-electron chi connectivity index (χ0n) is 10.5. The van der Waals surface area contributed by atoms with E-state index in [1.165, 1.54) is 6.42 Å². The summed E-state index contributed by atoms with van der Waals surface area (Å²) < 4.78 is 0. The Bertz CT molecular complexity index is 218. The molecule has 0 bridgehead atoms. The molecule has 0 radical (unpaired) electrons. The van der Waals surface area contributed by atoms with Crippen molar-refractivity contribution in [1.29, 1.82) is 0 Å². The van der Waals surface area contributed by atoms with Gasteiger partial charge < -0.3 is 10.4 Å². The van der Waals surface area contributed by atoms with Crippen LogP contribution in [0.2, 0.25) is 0 Å². The van der Waals surface area contributed by atoms with Crippen LogP contribution in [0.25, 0.3) is 0 Å². The summed E-state index contributed by atoms with van der Waals surface area (Å²) in [4.78, 5) is 11.8. The summed E-state index contributed by atoms with van der Waals surface area (Å²) in [7, 11) is 0. The molecular weight excluding hydrogens is 202 g/mol. The lowest BCUT2D eigenvalue weighted by Gasteiger charge is -2.23. The third-order valence-electron chi connectivity index (χ3n) is 3.48. The van der Waals surface area contributed by atoms with Gasteiger partial charge in [-0.15, -0.1) is 0 Å². The molecule has 3 unspecified atom stereocenters. The summed E-state index contributed by atoms with van der Waals surface area (Å²) in [6, 6.07) is -0.0192. The first-order chi connectivity index (χ1) is 7.65. The van der Waals surface area contributed by atoms with Crippen LogP contribution in [0.3, 0.4) is 0 Å². The van der Waals surface area contributed by atoms with Gasteiger partial charge in [0.1, 0.15) is 0 Å². The van der Waals surface area contributed by atoms with E-state index in [0.29, 0.717) is 0 Å². The van der Waals surface area contributed by atoms with Crippen LogP contribution in [0.4, 0.5) is 0 Å². The fourth-order valence-corrected chi connectivity index (χ4v) is 2.35. The number of amides is 1. The predicted molar refractivity (Wildman–Crippen MR) is 65.1 cm³/mol. The summed E-state index contributed by atoms with van der Waals surface area (Å²) >= 11 is 0.